The van der Waals surface area contributed by atoms with Crippen molar-refractivity contribution in [2.45, 2.75) is 52.6 Å². The fourth-order valence-electron chi connectivity index (χ4n) is 3.46. The summed E-state index contributed by atoms with van der Waals surface area (Å²) in [6, 6.07) is 10.7. The Morgan fingerprint density at radius 2 is 2.00 bits per heavy atom. The molecule has 0 saturated heterocycles. The summed E-state index contributed by atoms with van der Waals surface area (Å²) >= 11 is 0. The number of hydrogen-bond acceptors (Lipinski definition) is 4. The highest BCUT2D eigenvalue weighted by Crippen LogP contribution is 2.11. The van der Waals surface area contributed by atoms with Crippen LogP contribution in [-0.2, 0) is 30.7 Å². The molecule has 6 heteroatoms. The van der Waals surface area contributed by atoms with Gasteiger partial charge in [0.2, 0.25) is 5.91 Å². The molecule has 0 saturated carbocycles. The van der Waals surface area contributed by atoms with E-state index in [9.17, 15) is 4.79 Å². The predicted molar refractivity (Wildman–Crippen MR) is 106 cm³/mol. The van der Waals surface area contributed by atoms with Gasteiger partial charge in [0.05, 0.1) is 6.54 Å². The van der Waals surface area contributed by atoms with Crippen LogP contribution in [0.5, 0.6) is 0 Å². The van der Waals surface area contributed by atoms with Gasteiger partial charge in [0.25, 0.3) is 0 Å². The number of carbonyl (C=O) groups is 1. The van der Waals surface area contributed by atoms with Gasteiger partial charge in [-0.2, -0.15) is 0 Å². The Hall–Kier alpha value is -2.21. The van der Waals surface area contributed by atoms with Crippen molar-refractivity contribution < 1.29 is 4.79 Å². The van der Waals surface area contributed by atoms with Crippen LogP contribution in [0.4, 0.5) is 0 Å². The van der Waals surface area contributed by atoms with Crippen molar-refractivity contribution in [2.75, 3.05) is 19.6 Å². The first-order chi connectivity index (χ1) is 13.2. The maximum Gasteiger partial charge on any atom is 0.223 e. The van der Waals surface area contributed by atoms with E-state index in [0.29, 0.717) is 6.54 Å². The number of carbonyl (C=O) groups excluding carboxylic acids is 1. The number of rotatable bonds is 8. The van der Waals surface area contributed by atoms with Crippen molar-refractivity contribution in [1.29, 1.82) is 0 Å². The summed E-state index contributed by atoms with van der Waals surface area (Å²) < 4.78 is 2.19. The van der Waals surface area contributed by atoms with Crippen LogP contribution in [0.25, 0.3) is 0 Å². The summed E-state index contributed by atoms with van der Waals surface area (Å²) in [5.41, 5.74) is 1.41. The van der Waals surface area contributed by atoms with Crippen LogP contribution in [0, 0.1) is 5.92 Å². The van der Waals surface area contributed by atoms with Crippen LogP contribution in [0.2, 0.25) is 0 Å². The number of nitrogens with one attached hydrogen (secondary N) is 1. The second-order valence-corrected chi connectivity index (χ2v) is 7.39. The van der Waals surface area contributed by atoms with Gasteiger partial charge in [-0.3, -0.25) is 4.79 Å². The number of nitrogens with zero attached hydrogens (tertiary/aromatic N) is 4. The minimum Gasteiger partial charge on any atom is -0.349 e. The van der Waals surface area contributed by atoms with Crippen molar-refractivity contribution in [2.24, 2.45) is 5.92 Å². The molecular formula is C21H31N5O. The maximum atomic E-state index is 12.0. The van der Waals surface area contributed by atoms with Gasteiger partial charge < -0.3 is 14.8 Å². The first kappa shape index (κ1) is 19.5. The Kier molecular flexibility index (Phi) is 6.98. The lowest BCUT2D eigenvalue weighted by molar-refractivity contribution is -0.124. The fourth-order valence-corrected chi connectivity index (χ4v) is 3.46. The molecule has 2 aromatic rings. The minimum absolute atomic E-state index is 0.0385. The van der Waals surface area contributed by atoms with E-state index in [1.54, 1.807) is 0 Å². The van der Waals surface area contributed by atoms with Gasteiger partial charge in [-0.15, -0.1) is 10.2 Å². The van der Waals surface area contributed by atoms with Crippen molar-refractivity contribution in [3.05, 3.63) is 47.5 Å². The third kappa shape index (κ3) is 5.39. The monoisotopic (exact) mass is 369 g/mol. The Balaban J connectivity index is 1.48. The Morgan fingerprint density at radius 1 is 1.19 bits per heavy atom. The van der Waals surface area contributed by atoms with Crippen LogP contribution < -0.4 is 5.32 Å². The fraction of sp³-hybridized carbons (Fsp3) is 0.571. The molecule has 0 bridgehead atoms. The zero-order valence-corrected chi connectivity index (χ0v) is 16.5. The summed E-state index contributed by atoms with van der Waals surface area (Å²) in [5, 5.41) is 11.7. The molecule has 0 spiro atoms. The molecule has 1 N–H and O–H groups in total. The number of fused-ring (bicyclic) bond motifs is 1. The van der Waals surface area contributed by atoms with Crippen molar-refractivity contribution in [1.82, 2.24) is 25.0 Å². The lowest BCUT2D eigenvalue weighted by Crippen LogP contribution is -2.30. The largest absolute Gasteiger partial charge is 0.349 e. The van der Waals surface area contributed by atoms with E-state index in [1.165, 1.54) is 12.0 Å². The van der Waals surface area contributed by atoms with Crippen molar-refractivity contribution in [3.8, 4) is 0 Å². The number of aromatic nitrogens is 3. The van der Waals surface area contributed by atoms with E-state index >= 15 is 0 Å². The van der Waals surface area contributed by atoms with Crippen molar-refractivity contribution in [3.63, 3.8) is 0 Å². The predicted octanol–water partition coefficient (Wildman–Crippen LogP) is 2.43. The molecule has 1 amide bonds. The third-order valence-electron chi connectivity index (χ3n) is 5.46. The quantitative estimate of drug-likeness (QED) is 0.776. The molecule has 1 aromatic carbocycles. The van der Waals surface area contributed by atoms with E-state index in [2.05, 4.69) is 55.3 Å². The van der Waals surface area contributed by atoms with Gasteiger partial charge in [-0.1, -0.05) is 44.2 Å². The van der Waals surface area contributed by atoms with E-state index in [1.807, 2.05) is 13.8 Å². The first-order valence-electron chi connectivity index (χ1n) is 10.1. The Bertz CT molecular complexity index is 727. The van der Waals surface area contributed by atoms with Gasteiger partial charge in [-0.05, 0) is 31.4 Å². The maximum absolute atomic E-state index is 12.0. The summed E-state index contributed by atoms with van der Waals surface area (Å²) in [4.78, 5) is 14.5. The normalized spacial score (nSPS) is 15.8. The third-order valence-corrected chi connectivity index (χ3v) is 5.46. The van der Waals surface area contributed by atoms with Gasteiger partial charge in [0.1, 0.15) is 5.82 Å². The van der Waals surface area contributed by atoms with Gasteiger partial charge in [0, 0.05) is 32.0 Å². The van der Waals surface area contributed by atoms with Crippen LogP contribution in [-0.4, -0.2) is 45.2 Å². The van der Waals surface area contributed by atoms with Crippen molar-refractivity contribution >= 4 is 5.91 Å². The SMILES string of the molecule is CC[C@@H](C)C(=O)NCc1nnc2n1CCN(CCCc1ccccc1)CC2. The molecule has 1 aromatic heterocycles. The van der Waals surface area contributed by atoms with Crippen LogP contribution in [0.3, 0.4) is 0 Å². The van der Waals surface area contributed by atoms with Gasteiger partial charge in [-0.25, -0.2) is 0 Å². The zero-order chi connectivity index (χ0) is 19.1. The molecule has 0 fully saturated rings. The average molecular weight is 370 g/mol. The molecular weight excluding hydrogens is 338 g/mol. The van der Waals surface area contributed by atoms with Crippen LogP contribution >= 0.6 is 0 Å². The second kappa shape index (κ2) is 9.65. The molecule has 0 unspecified atom stereocenters. The van der Waals surface area contributed by atoms with E-state index in [4.69, 9.17) is 0 Å². The molecule has 1 atom stereocenters. The number of hydrogen-bond donors (Lipinski definition) is 1. The standard InChI is InChI=1S/C21H31N5O/c1-3-17(2)21(27)22-16-20-24-23-19-11-13-25(14-15-26(19)20)12-7-10-18-8-5-4-6-9-18/h4-6,8-9,17H,3,7,10-16H2,1-2H3,(H,22,27)/t17-/m1/s1. The molecule has 1 aliphatic heterocycles. The number of aryl methyl sites for hydroxylation is 1. The number of benzene rings is 1. The molecule has 2 heterocycles. The molecule has 146 valence electrons. The Labute approximate surface area is 162 Å². The van der Waals surface area contributed by atoms with Gasteiger partial charge in [0.15, 0.2) is 5.82 Å². The lowest BCUT2D eigenvalue weighted by Gasteiger charge is -2.19. The van der Waals surface area contributed by atoms with Crippen LogP contribution in [0.15, 0.2) is 30.3 Å². The molecule has 6 nitrogen and oxygen atoms in total. The lowest BCUT2D eigenvalue weighted by atomic mass is 10.1. The average Bonchev–Trinajstić information content (AvgIpc) is 2.98. The molecule has 1 aliphatic rings. The summed E-state index contributed by atoms with van der Waals surface area (Å²) in [7, 11) is 0. The first-order valence-corrected chi connectivity index (χ1v) is 10.1. The minimum atomic E-state index is 0.0385. The van der Waals surface area contributed by atoms with E-state index in [0.717, 1.165) is 57.1 Å². The van der Waals surface area contributed by atoms with Gasteiger partial charge >= 0.3 is 0 Å². The highest BCUT2D eigenvalue weighted by Gasteiger charge is 2.19. The molecule has 0 aliphatic carbocycles. The summed E-state index contributed by atoms with van der Waals surface area (Å²) in [6.45, 7) is 8.46. The highest BCUT2D eigenvalue weighted by molar-refractivity contribution is 5.78. The smallest absolute Gasteiger partial charge is 0.223 e. The summed E-state index contributed by atoms with van der Waals surface area (Å²) in [6.07, 6.45) is 4.05. The zero-order valence-electron chi connectivity index (χ0n) is 16.5. The molecule has 27 heavy (non-hydrogen) atoms. The molecule has 3 rings (SSSR count). The number of amides is 1. The second-order valence-electron chi connectivity index (χ2n) is 7.39. The Morgan fingerprint density at radius 3 is 2.78 bits per heavy atom. The summed E-state index contributed by atoms with van der Waals surface area (Å²) in [5.74, 6) is 2.03. The molecule has 0 radical (unpaired) electrons. The van der Waals surface area contributed by atoms with E-state index in [-0.39, 0.29) is 11.8 Å². The topological polar surface area (TPSA) is 63.1 Å². The van der Waals surface area contributed by atoms with Crippen LogP contribution in [0.1, 0.15) is 43.9 Å². The van der Waals surface area contributed by atoms with E-state index < -0.39 is 0 Å². The highest BCUT2D eigenvalue weighted by atomic mass is 16.1.